The summed E-state index contributed by atoms with van der Waals surface area (Å²) in [7, 11) is 7.58. The number of likely N-dealkylation sites (tertiary alicyclic amines) is 2. The van der Waals surface area contributed by atoms with E-state index in [4.69, 9.17) is 14.6 Å². The van der Waals surface area contributed by atoms with Crippen LogP contribution in [-0.4, -0.2) is 107 Å². The Bertz CT molecular complexity index is 278. The summed E-state index contributed by atoms with van der Waals surface area (Å²) in [5.41, 5.74) is 0. The summed E-state index contributed by atoms with van der Waals surface area (Å²) in [6, 6.07) is 0. The van der Waals surface area contributed by atoms with E-state index in [0.717, 1.165) is 51.0 Å². The molecule has 0 unspecified atom stereocenters. The SMILES string of the molecule is CN1CCC[C@@H](O)C1.COCCBr.COCCO[C@@H]1CCCN(C)C1. The van der Waals surface area contributed by atoms with Crippen LogP contribution in [0.15, 0.2) is 0 Å². The predicted octanol–water partition coefficient (Wildman–Crippen LogP) is 1.84. The lowest BCUT2D eigenvalue weighted by Gasteiger charge is -2.29. The second kappa shape index (κ2) is 17.6. The van der Waals surface area contributed by atoms with Crippen LogP contribution in [0.25, 0.3) is 0 Å². The summed E-state index contributed by atoms with van der Waals surface area (Å²) in [4.78, 5) is 4.48. The van der Waals surface area contributed by atoms with E-state index >= 15 is 0 Å². The molecule has 7 heteroatoms. The number of nitrogens with zero attached hydrogens (tertiary/aromatic N) is 2. The number of ether oxygens (including phenoxy) is 3. The number of likely N-dealkylation sites (N-methyl/N-ethyl adjacent to an activating group) is 2. The van der Waals surface area contributed by atoms with Crippen molar-refractivity contribution in [3.05, 3.63) is 0 Å². The number of halogens is 1. The number of aliphatic hydroxyl groups excluding tert-OH is 1. The smallest absolute Gasteiger partial charge is 0.0704 e. The van der Waals surface area contributed by atoms with E-state index in [-0.39, 0.29) is 6.10 Å². The third-order valence-corrected chi connectivity index (χ3v) is 4.43. The maximum atomic E-state index is 9.04. The molecule has 0 saturated carbocycles. The first-order valence-corrected chi connectivity index (χ1v) is 10.4. The average molecular weight is 427 g/mol. The van der Waals surface area contributed by atoms with Crippen molar-refractivity contribution in [3.8, 4) is 0 Å². The minimum absolute atomic E-state index is 0.0613. The summed E-state index contributed by atoms with van der Waals surface area (Å²) < 4.78 is 15.2. The van der Waals surface area contributed by atoms with Gasteiger partial charge in [0.25, 0.3) is 0 Å². The molecule has 0 spiro atoms. The standard InChI is InChI=1S/C9H19NO2.C6H13NO.C3H7BrO/c1-10-5-3-4-9(8-10)12-7-6-11-2;1-7-4-2-3-6(8)5-7;1-5-3-2-4/h9H,3-8H2,1-2H3;6,8H,2-5H2,1H3;2-3H2,1H3/t9-;6-;/m11./s1. The van der Waals surface area contributed by atoms with E-state index in [2.05, 4.69) is 37.5 Å². The fourth-order valence-corrected chi connectivity index (χ4v) is 3.09. The van der Waals surface area contributed by atoms with Crippen LogP contribution in [0.1, 0.15) is 25.7 Å². The Labute approximate surface area is 162 Å². The van der Waals surface area contributed by atoms with Crippen LogP contribution in [0, 0.1) is 0 Å². The average Bonchev–Trinajstić information content (AvgIpc) is 2.57. The highest BCUT2D eigenvalue weighted by Gasteiger charge is 2.16. The molecule has 0 radical (unpaired) electrons. The van der Waals surface area contributed by atoms with Crippen LogP contribution in [0.3, 0.4) is 0 Å². The van der Waals surface area contributed by atoms with Crippen LogP contribution < -0.4 is 0 Å². The molecule has 2 atom stereocenters. The predicted molar refractivity (Wildman–Crippen MR) is 107 cm³/mol. The summed E-state index contributed by atoms with van der Waals surface area (Å²) in [6.07, 6.45) is 4.97. The monoisotopic (exact) mass is 426 g/mol. The molecule has 25 heavy (non-hydrogen) atoms. The molecule has 2 fully saturated rings. The van der Waals surface area contributed by atoms with Gasteiger partial charge in [-0.05, 0) is 52.9 Å². The van der Waals surface area contributed by atoms with Crippen LogP contribution in [0.2, 0.25) is 0 Å². The largest absolute Gasteiger partial charge is 0.392 e. The van der Waals surface area contributed by atoms with Crippen LogP contribution in [-0.2, 0) is 14.2 Å². The van der Waals surface area contributed by atoms with Gasteiger partial charge in [-0.25, -0.2) is 0 Å². The number of aliphatic hydroxyl groups is 1. The Morgan fingerprint density at radius 2 is 1.52 bits per heavy atom. The number of β-amino-alcohol motifs (C(OH)–C–C–N with tert-alkyl or cyclic N) is 1. The third-order valence-electron chi connectivity index (χ3n) is 4.10. The first-order valence-electron chi connectivity index (χ1n) is 9.24. The number of rotatable bonds is 6. The third kappa shape index (κ3) is 16.2. The summed E-state index contributed by atoms with van der Waals surface area (Å²) in [5.74, 6) is 0. The molecule has 2 aliphatic heterocycles. The first-order chi connectivity index (χ1) is 12.0. The highest BCUT2D eigenvalue weighted by Crippen LogP contribution is 2.11. The molecular formula is C18H39BrN2O4. The number of methoxy groups -OCH3 is 2. The van der Waals surface area contributed by atoms with Crippen molar-refractivity contribution in [2.45, 2.75) is 37.9 Å². The van der Waals surface area contributed by atoms with Crippen LogP contribution >= 0.6 is 15.9 Å². The number of hydrogen-bond acceptors (Lipinski definition) is 6. The van der Waals surface area contributed by atoms with Crippen molar-refractivity contribution in [2.24, 2.45) is 0 Å². The molecular weight excluding hydrogens is 388 g/mol. The molecule has 2 heterocycles. The molecule has 0 aromatic carbocycles. The fourth-order valence-electron chi connectivity index (χ4n) is 2.77. The van der Waals surface area contributed by atoms with E-state index in [0.29, 0.717) is 12.7 Å². The molecule has 0 amide bonds. The van der Waals surface area contributed by atoms with Crippen molar-refractivity contribution in [1.82, 2.24) is 9.80 Å². The number of hydrogen-bond donors (Lipinski definition) is 1. The van der Waals surface area contributed by atoms with Crippen molar-refractivity contribution in [1.29, 1.82) is 0 Å². The van der Waals surface area contributed by atoms with Gasteiger partial charge in [-0.15, -0.1) is 0 Å². The fraction of sp³-hybridized carbons (Fsp3) is 1.00. The maximum absolute atomic E-state index is 9.04. The zero-order valence-corrected chi connectivity index (χ0v) is 18.2. The van der Waals surface area contributed by atoms with Crippen LogP contribution in [0.5, 0.6) is 0 Å². The summed E-state index contributed by atoms with van der Waals surface area (Å²) >= 11 is 3.18. The van der Waals surface area contributed by atoms with E-state index in [1.165, 1.54) is 19.4 Å². The van der Waals surface area contributed by atoms with Gasteiger partial charge in [0.1, 0.15) is 0 Å². The lowest BCUT2D eigenvalue weighted by molar-refractivity contribution is -0.0156. The summed E-state index contributed by atoms with van der Waals surface area (Å²) in [6.45, 7) is 6.54. The second-order valence-electron chi connectivity index (χ2n) is 6.63. The van der Waals surface area contributed by atoms with Gasteiger partial charge in [0.05, 0.1) is 32.0 Å². The summed E-state index contributed by atoms with van der Waals surface area (Å²) in [5, 5.41) is 9.97. The maximum Gasteiger partial charge on any atom is 0.0704 e. The minimum atomic E-state index is -0.0613. The highest BCUT2D eigenvalue weighted by atomic mass is 79.9. The molecule has 1 N–H and O–H groups in total. The normalized spacial score (nSPS) is 24.7. The van der Waals surface area contributed by atoms with E-state index in [1.807, 2.05) is 7.05 Å². The van der Waals surface area contributed by atoms with Crippen molar-refractivity contribution in [2.75, 3.05) is 79.6 Å². The van der Waals surface area contributed by atoms with E-state index < -0.39 is 0 Å². The van der Waals surface area contributed by atoms with Gasteiger partial charge in [0.15, 0.2) is 0 Å². The number of piperidine rings is 2. The second-order valence-corrected chi connectivity index (χ2v) is 7.42. The first kappa shape index (κ1) is 25.2. The Balaban J connectivity index is 0.000000382. The molecule has 0 bridgehead atoms. The highest BCUT2D eigenvalue weighted by molar-refractivity contribution is 9.09. The van der Waals surface area contributed by atoms with Gasteiger partial charge < -0.3 is 29.1 Å². The van der Waals surface area contributed by atoms with Gasteiger partial charge in [0.2, 0.25) is 0 Å². The van der Waals surface area contributed by atoms with E-state index in [9.17, 15) is 0 Å². The zero-order valence-electron chi connectivity index (χ0n) is 16.6. The quantitative estimate of drug-likeness (QED) is 0.516. The van der Waals surface area contributed by atoms with Crippen molar-refractivity contribution >= 4 is 15.9 Å². The molecule has 2 aliphatic rings. The zero-order chi connectivity index (χ0) is 18.9. The van der Waals surface area contributed by atoms with Crippen molar-refractivity contribution in [3.63, 3.8) is 0 Å². The Kier molecular flexibility index (Phi) is 17.8. The lowest BCUT2D eigenvalue weighted by Crippen LogP contribution is -2.37. The van der Waals surface area contributed by atoms with Gasteiger partial charge >= 0.3 is 0 Å². The van der Waals surface area contributed by atoms with E-state index in [1.54, 1.807) is 14.2 Å². The molecule has 152 valence electrons. The molecule has 2 rings (SSSR count). The molecule has 6 nitrogen and oxygen atoms in total. The van der Waals surface area contributed by atoms with Gasteiger partial charge in [-0.1, -0.05) is 15.9 Å². The molecule has 0 aromatic heterocycles. The Morgan fingerprint density at radius 1 is 0.920 bits per heavy atom. The molecule has 2 saturated heterocycles. The topological polar surface area (TPSA) is 54.4 Å². The van der Waals surface area contributed by atoms with Gasteiger partial charge in [0, 0.05) is 32.6 Å². The molecule has 0 aromatic rings. The van der Waals surface area contributed by atoms with Gasteiger partial charge in [-0.3, -0.25) is 0 Å². The minimum Gasteiger partial charge on any atom is -0.392 e. The van der Waals surface area contributed by atoms with Crippen LogP contribution in [0.4, 0.5) is 0 Å². The van der Waals surface area contributed by atoms with Crippen molar-refractivity contribution < 1.29 is 19.3 Å². The Hall–Kier alpha value is 0.240. The lowest BCUT2D eigenvalue weighted by atomic mass is 10.1. The number of alkyl halides is 1. The van der Waals surface area contributed by atoms with Gasteiger partial charge in [-0.2, -0.15) is 0 Å². The molecule has 0 aliphatic carbocycles. The Morgan fingerprint density at radius 3 is 1.92 bits per heavy atom.